The van der Waals surface area contributed by atoms with Gasteiger partial charge >= 0.3 is 0 Å². The molecule has 3 aliphatic rings. The molecule has 0 radical (unpaired) electrons. The number of carbonyl (C=O) groups is 2. The molecule has 0 saturated carbocycles. The quantitative estimate of drug-likeness (QED) is 0.125. The van der Waals surface area contributed by atoms with Crippen LogP contribution in [0.1, 0.15) is 49.9 Å². The molecule has 0 aliphatic carbocycles. The second-order valence-electron chi connectivity index (χ2n) is 13.8. The van der Waals surface area contributed by atoms with Crippen molar-refractivity contribution in [1.82, 2.24) is 20.3 Å². The summed E-state index contributed by atoms with van der Waals surface area (Å²) in [7, 11) is -2.87. The molecule has 4 heterocycles. The number of hydrogen-bond acceptors (Lipinski definition) is 10. The van der Waals surface area contributed by atoms with Crippen molar-refractivity contribution in [2.45, 2.75) is 88.9 Å². The molecule has 2 aromatic carbocycles. The standard InChI is InChI=1S/C35H48N6O7Si/c1-5-47-26-9-11-30-23(18-26)19-29(36-14-6-7-16-42)33(44)41(30)25-8-10-28-27(20-25)35(34(45)37-28)22(2)32(49(3,4)46)31(48-35)12-15-40-21-24(13-17-43)38-39-40/h8-11,18,20-22,29,31-32,36,42-43,46H,5-7,12-17,19H2,1-4H3,(H,37,45)/t22-,29?,31+,32-,35+/m0/s1. The number of aliphatic hydroxyl groups excluding tert-OH is 2. The number of amides is 2. The van der Waals surface area contributed by atoms with Crippen molar-refractivity contribution in [3.63, 3.8) is 0 Å². The molecule has 6 rings (SSSR count). The van der Waals surface area contributed by atoms with E-state index < -0.39 is 26.1 Å². The fraction of sp³-hybridized carbons (Fsp3) is 0.543. The Morgan fingerprint density at radius 3 is 2.69 bits per heavy atom. The van der Waals surface area contributed by atoms with Gasteiger partial charge in [0.2, 0.25) is 5.91 Å². The molecule has 3 aliphatic heterocycles. The number of aromatic nitrogens is 3. The summed E-state index contributed by atoms with van der Waals surface area (Å²) in [6.07, 6.45) is 4.15. The lowest BCUT2D eigenvalue weighted by molar-refractivity contribution is -0.143. The van der Waals surface area contributed by atoms with Crippen LogP contribution in [0.25, 0.3) is 0 Å². The molecule has 1 aromatic heterocycles. The Balaban J connectivity index is 1.36. The van der Waals surface area contributed by atoms with E-state index in [1.54, 1.807) is 15.8 Å². The molecule has 3 aromatic rings. The number of nitrogens with zero attached hydrogens (tertiary/aromatic N) is 4. The number of nitrogens with one attached hydrogen (secondary N) is 2. The van der Waals surface area contributed by atoms with Gasteiger partial charge in [0.15, 0.2) is 13.9 Å². The smallest absolute Gasteiger partial charge is 0.261 e. The van der Waals surface area contributed by atoms with Crippen LogP contribution in [-0.2, 0) is 39.3 Å². The third-order valence-corrected chi connectivity index (χ3v) is 12.6. The number of aliphatic hydroxyl groups is 2. The van der Waals surface area contributed by atoms with E-state index in [-0.39, 0.29) is 36.5 Å². The summed E-state index contributed by atoms with van der Waals surface area (Å²) < 4.78 is 14.4. The zero-order chi connectivity index (χ0) is 34.9. The van der Waals surface area contributed by atoms with Gasteiger partial charge in [0, 0.05) is 60.8 Å². The highest BCUT2D eigenvalue weighted by Crippen LogP contribution is 2.59. The van der Waals surface area contributed by atoms with Crippen molar-refractivity contribution in [1.29, 1.82) is 0 Å². The maximum Gasteiger partial charge on any atom is 0.261 e. The minimum atomic E-state index is -2.87. The Kier molecular flexibility index (Phi) is 10.3. The summed E-state index contributed by atoms with van der Waals surface area (Å²) in [6, 6.07) is 10.8. The van der Waals surface area contributed by atoms with E-state index in [1.165, 1.54) is 0 Å². The van der Waals surface area contributed by atoms with E-state index in [4.69, 9.17) is 9.47 Å². The molecule has 14 heteroatoms. The van der Waals surface area contributed by atoms with Crippen LogP contribution >= 0.6 is 0 Å². The molecular weight excluding hydrogens is 645 g/mol. The van der Waals surface area contributed by atoms with Crippen LogP contribution in [-0.4, -0.2) is 88.6 Å². The van der Waals surface area contributed by atoms with Crippen LogP contribution in [0.5, 0.6) is 5.75 Å². The van der Waals surface area contributed by atoms with Crippen LogP contribution < -0.4 is 20.3 Å². The Morgan fingerprint density at radius 2 is 1.96 bits per heavy atom. The maximum absolute atomic E-state index is 14.2. The first-order valence-corrected chi connectivity index (χ1v) is 20.3. The van der Waals surface area contributed by atoms with E-state index in [1.807, 2.05) is 63.3 Å². The fourth-order valence-electron chi connectivity index (χ4n) is 7.95. The molecule has 1 fully saturated rings. The Morgan fingerprint density at radius 1 is 1.14 bits per heavy atom. The molecule has 1 saturated heterocycles. The minimum Gasteiger partial charge on any atom is -0.494 e. The zero-order valence-electron chi connectivity index (χ0n) is 28.7. The van der Waals surface area contributed by atoms with Crippen molar-refractivity contribution >= 4 is 37.2 Å². The number of anilines is 3. The molecular formula is C35H48N6O7Si. The molecule has 5 N–H and O–H groups in total. The molecule has 264 valence electrons. The van der Waals surface area contributed by atoms with Crippen molar-refractivity contribution in [3.05, 3.63) is 59.4 Å². The number of benzene rings is 2. The first kappa shape index (κ1) is 35.2. The molecule has 0 bridgehead atoms. The van der Waals surface area contributed by atoms with Gasteiger partial charge in [0.25, 0.3) is 5.91 Å². The Hall–Kier alpha value is -3.66. The van der Waals surface area contributed by atoms with Crippen LogP contribution in [0.15, 0.2) is 42.6 Å². The highest BCUT2D eigenvalue weighted by Gasteiger charge is 2.64. The summed E-state index contributed by atoms with van der Waals surface area (Å²) in [5.74, 6) is -0.0198. The fourth-order valence-corrected chi connectivity index (χ4v) is 10.6. The van der Waals surface area contributed by atoms with Gasteiger partial charge in [-0.1, -0.05) is 12.1 Å². The lowest BCUT2D eigenvalue weighted by atomic mass is 9.82. The van der Waals surface area contributed by atoms with Crippen LogP contribution in [0.4, 0.5) is 17.1 Å². The predicted octanol–water partition coefficient (Wildman–Crippen LogP) is 3.00. The number of aryl methyl sites for hydroxylation is 1. The SMILES string of the molecule is CCOc1ccc2c(c1)CC(NCCCCO)C(=O)N2c1ccc2c(c1)[C@@]1(O[C@H](CCn3cc(CCO)nn3)[C@@H]([Si](C)(C)O)[C@@H]1C)C(=O)N2. The summed E-state index contributed by atoms with van der Waals surface area (Å²) in [5, 5.41) is 33.3. The summed E-state index contributed by atoms with van der Waals surface area (Å²) >= 11 is 0. The van der Waals surface area contributed by atoms with Crippen LogP contribution in [0, 0.1) is 5.92 Å². The first-order valence-electron chi connectivity index (χ1n) is 17.3. The molecule has 13 nitrogen and oxygen atoms in total. The largest absolute Gasteiger partial charge is 0.494 e. The van der Waals surface area contributed by atoms with Crippen molar-refractivity contribution < 1.29 is 34.1 Å². The Bertz CT molecular complexity index is 1680. The molecule has 2 amide bonds. The number of carbonyl (C=O) groups excluding carboxylic acids is 2. The highest BCUT2D eigenvalue weighted by molar-refractivity contribution is 6.71. The second-order valence-corrected chi connectivity index (χ2v) is 17.8. The third kappa shape index (κ3) is 6.65. The van der Waals surface area contributed by atoms with Gasteiger partial charge in [-0.25, -0.2) is 0 Å². The van der Waals surface area contributed by atoms with E-state index in [0.717, 1.165) is 23.4 Å². The van der Waals surface area contributed by atoms with Crippen molar-refractivity contribution in [2.75, 3.05) is 36.6 Å². The Labute approximate surface area is 287 Å². The second kappa shape index (κ2) is 14.3. The molecule has 1 spiro atoms. The normalized spacial score (nSPS) is 24.8. The average molecular weight is 693 g/mol. The first-order chi connectivity index (χ1) is 23.5. The number of unbranched alkanes of at least 4 members (excludes halogenated alkanes) is 1. The lowest BCUT2D eigenvalue weighted by Gasteiger charge is -2.36. The summed E-state index contributed by atoms with van der Waals surface area (Å²) in [5.41, 5.74) is 2.66. The van der Waals surface area contributed by atoms with E-state index in [9.17, 15) is 24.6 Å². The van der Waals surface area contributed by atoms with Gasteiger partial charge in [-0.15, -0.1) is 5.10 Å². The van der Waals surface area contributed by atoms with E-state index >= 15 is 0 Å². The topological polar surface area (TPSA) is 171 Å². The number of ether oxygens (including phenoxy) is 2. The van der Waals surface area contributed by atoms with Crippen LogP contribution in [0.2, 0.25) is 18.6 Å². The van der Waals surface area contributed by atoms with Crippen LogP contribution in [0.3, 0.4) is 0 Å². The average Bonchev–Trinajstić information content (AvgIpc) is 3.72. The molecule has 1 unspecified atom stereocenters. The van der Waals surface area contributed by atoms with Gasteiger partial charge < -0.3 is 35.1 Å². The third-order valence-electron chi connectivity index (χ3n) is 10.1. The monoisotopic (exact) mass is 692 g/mol. The minimum absolute atomic E-state index is 0.0158. The van der Waals surface area contributed by atoms with Gasteiger partial charge in [-0.05, 0) is 94.2 Å². The van der Waals surface area contributed by atoms with Crippen molar-refractivity contribution in [2.24, 2.45) is 5.92 Å². The predicted molar refractivity (Wildman–Crippen MR) is 186 cm³/mol. The molecule has 49 heavy (non-hydrogen) atoms. The van der Waals surface area contributed by atoms with E-state index in [2.05, 4.69) is 20.9 Å². The van der Waals surface area contributed by atoms with Crippen molar-refractivity contribution in [3.8, 4) is 5.75 Å². The van der Waals surface area contributed by atoms with E-state index in [0.29, 0.717) is 68.0 Å². The van der Waals surface area contributed by atoms with Gasteiger partial charge in [-0.2, -0.15) is 0 Å². The van der Waals surface area contributed by atoms with Gasteiger partial charge in [0.05, 0.1) is 30.1 Å². The number of fused-ring (bicyclic) bond motifs is 3. The van der Waals surface area contributed by atoms with Gasteiger partial charge in [-0.3, -0.25) is 19.2 Å². The summed E-state index contributed by atoms with van der Waals surface area (Å²) in [6.45, 7) is 9.34. The number of rotatable bonds is 14. The zero-order valence-corrected chi connectivity index (χ0v) is 29.7. The lowest BCUT2D eigenvalue weighted by Crippen LogP contribution is -2.49. The molecule has 5 atom stereocenters. The number of hydrogen-bond donors (Lipinski definition) is 5. The maximum atomic E-state index is 14.2. The highest BCUT2D eigenvalue weighted by atomic mass is 28.4. The van der Waals surface area contributed by atoms with Gasteiger partial charge in [0.1, 0.15) is 5.75 Å². The summed E-state index contributed by atoms with van der Waals surface area (Å²) in [4.78, 5) is 41.5.